The van der Waals surface area contributed by atoms with Gasteiger partial charge >= 0.3 is 7.60 Å². The van der Waals surface area contributed by atoms with Gasteiger partial charge in [-0.15, -0.1) is 0 Å². The van der Waals surface area contributed by atoms with E-state index in [9.17, 15) is 45.0 Å². The lowest BCUT2D eigenvalue weighted by Gasteiger charge is -2.55. The van der Waals surface area contributed by atoms with Gasteiger partial charge in [0, 0.05) is 22.7 Å². The maximum Gasteiger partial charge on any atom is 0.362 e. The Labute approximate surface area is 151 Å². The monoisotopic (exact) mass is 409 g/mol. The zero-order valence-electron chi connectivity index (χ0n) is 12.9. The predicted octanol–water partition coefficient (Wildman–Crippen LogP) is -1.75. The Morgan fingerprint density at radius 1 is 1.00 bits per heavy atom. The molecule has 26 heavy (non-hydrogen) atoms. The second-order valence-corrected chi connectivity index (χ2v) is 8.75. The number of fused-ring (bicyclic) bond motifs is 1. The lowest BCUT2D eigenvalue weighted by atomic mass is 9.70. The van der Waals surface area contributed by atoms with Gasteiger partial charge in [0.15, 0.2) is 10.7 Å². The number of aromatic amines is 1. The zero-order chi connectivity index (χ0) is 19.7. The summed E-state index contributed by atoms with van der Waals surface area (Å²) in [6.07, 6.45) is -7.14. The van der Waals surface area contributed by atoms with Crippen molar-refractivity contribution in [1.29, 1.82) is 0 Å². The first-order chi connectivity index (χ1) is 11.8. The maximum absolute atomic E-state index is 11.8. The average Bonchev–Trinajstić information content (AvgIpc) is 3.00. The largest absolute Gasteiger partial charge is 0.386 e. The van der Waals surface area contributed by atoms with Crippen molar-refractivity contribution in [2.45, 2.75) is 34.3 Å². The lowest BCUT2D eigenvalue weighted by molar-refractivity contribution is -0.301. The van der Waals surface area contributed by atoms with Crippen molar-refractivity contribution in [2.24, 2.45) is 0 Å². The van der Waals surface area contributed by atoms with Crippen LogP contribution < -0.4 is 0 Å². The summed E-state index contributed by atoms with van der Waals surface area (Å²) in [7, 11) is -5.78. The summed E-state index contributed by atoms with van der Waals surface area (Å²) < 4.78 is 11.8. The molecule has 1 aromatic heterocycles. The van der Waals surface area contributed by atoms with Gasteiger partial charge < -0.3 is 45.4 Å². The highest BCUT2D eigenvalue weighted by Crippen LogP contribution is 2.62. The third-order valence-corrected chi connectivity index (χ3v) is 6.73. The number of para-hydroxylation sites is 1. The van der Waals surface area contributed by atoms with E-state index >= 15 is 0 Å². The molecule has 1 heterocycles. The van der Waals surface area contributed by atoms with Gasteiger partial charge in [-0.05, 0) is 6.07 Å². The summed E-state index contributed by atoms with van der Waals surface area (Å²) in [6, 6.07) is 6.20. The summed E-state index contributed by atoms with van der Waals surface area (Å²) in [5.74, 6) is 0. The third-order valence-electron chi connectivity index (χ3n) is 4.89. The molecule has 0 bridgehead atoms. The summed E-state index contributed by atoms with van der Waals surface area (Å²) in [6.45, 7) is 0. The molecule has 1 aliphatic carbocycles. The average molecular weight is 410 g/mol. The number of halogens is 1. The Kier molecular flexibility index (Phi) is 4.34. The number of aliphatic hydroxyl groups excluding tert-OH is 3. The van der Waals surface area contributed by atoms with E-state index in [1.165, 1.54) is 6.07 Å². The van der Waals surface area contributed by atoms with Crippen molar-refractivity contribution in [3.05, 3.63) is 36.0 Å². The van der Waals surface area contributed by atoms with Crippen molar-refractivity contribution >= 4 is 30.1 Å². The number of aromatic nitrogens is 1. The van der Waals surface area contributed by atoms with E-state index in [4.69, 9.17) is 11.6 Å². The summed E-state index contributed by atoms with van der Waals surface area (Å²) >= 11 is 5.65. The molecule has 1 fully saturated rings. The molecular formula is C14H17ClNO9P. The summed E-state index contributed by atoms with van der Waals surface area (Å²) in [5, 5.41) is 55.7. The molecule has 1 aromatic carbocycles. The molecule has 1 saturated carbocycles. The van der Waals surface area contributed by atoms with E-state index in [1.807, 2.05) is 0 Å². The quantitative estimate of drug-likeness (QED) is 0.204. The second kappa shape index (κ2) is 5.73. The molecule has 0 aliphatic heterocycles. The van der Waals surface area contributed by atoms with Crippen molar-refractivity contribution in [1.82, 2.24) is 4.98 Å². The van der Waals surface area contributed by atoms with Crippen LogP contribution in [-0.4, -0.2) is 74.1 Å². The molecular weight excluding hydrogens is 393 g/mol. The second-order valence-electron chi connectivity index (χ2n) is 6.34. The fourth-order valence-electron chi connectivity index (χ4n) is 3.40. The van der Waals surface area contributed by atoms with Gasteiger partial charge in [-0.1, -0.05) is 29.8 Å². The van der Waals surface area contributed by atoms with Crippen LogP contribution in [0.15, 0.2) is 30.5 Å². The Bertz CT molecular complexity index is 897. The van der Waals surface area contributed by atoms with Crippen LogP contribution in [0.25, 0.3) is 10.9 Å². The molecule has 144 valence electrons. The van der Waals surface area contributed by atoms with Crippen LogP contribution in [0.3, 0.4) is 0 Å². The highest BCUT2D eigenvalue weighted by Gasteiger charge is 2.76. The maximum atomic E-state index is 11.8. The standard InChI is InChI=1S/C14H17ClNO9P/c15-13(21)9(17)12(20,7-5-16-8-4-2-1-3-6(7)8)10(18)14(22,11(13)19)26(23,24)25/h1-5,9-11,16-22H,(H2,23,24,25)/t9-,10-,11-,12-,13+,14+/m1/s1. The Morgan fingerprint density at radius 3 is 2.15 bits per heavy atom. The minimum absolute atomic E-state index is 0.213. The van der Waals surface area contributed by atoms with Gasteiger partial charge in [0.25, 0.3) is 0 Å². The topological polar surface area (TPSA) is 195 Å². The number of hydrogen-bond acceptors (Lipinski definition) is 7. The Balaban J connectivity index is 2.33. The van der Waals surface area contributed by atoms with Gasteiger partial charge in [0.05, 0.1) is 0 Å². The van der Waals surface area contributed by atoms with Gasteiger partial charge in [-0.2, -0.15) is 0 Å². The minimum Gasteiger partial charge on any atom is -0.386 e. The zero-order valence-corrected chi connectivity index (χ0v) is 14.6. The third kappa shape index (κ3) is 2.26. The van der Waals surface area contributed by atoms with Crippen LogP contribution >= 0.6 is 19.2 Å². The Morgan fingerprint density at radius 2 is 1.58 bits per heavy atom. The fourth-order valence-corrected chi connectivity index (χ4v) is 4.83. The Hall–Kier alpha value is -1.04. The molecule has 12 heteroatoms. The van der Waals surface area contributed by atoms with Gasteiger partial charge in [-0.25, -0.2) is 0 Å². The van der Waals surface area contributed by atoms with Gasteiger partial charge in [0.2, 0.25) is 5.34 Å². The first-order valence-corrected chi connectivity index (χ1v) is 9.32. The van der Waals surface area contributed by atoms with E-state index in [0.717, 1.165) is 6.20 Å². The van der Waals surface area contributed by atoms with Crippen molar-refractivity contribution in [2.75, 3.05) is 0 Å². The fraction of sp³-hybridized carbons (Fsp3) is 0.429. The molecule has 6 atom stereocenters. The number of benzene rings is 1. The van der Waals surface area contributed by atoms with Gasteiger partial charge in [-0.3, -0.25) is 4.57 Å². The molecule has 0 radical (unpaired) electrons. The molecule has 0 unspecified atom stereocenters. The normalized spacial score (nSPS) is 41.5. The van der Waals surface area contributed by atoms with E-state index in [-0.39, 0.29) is 10.9 Å². The first-order valence-electron chi connectivity index (χ1n) is 7.33. The highest BCUT2D eigenvalue weighted by molar-refractivity contribution is 7.53. The smallest absolute Gasteiger partial charge is 0.362 e. The number of nitrogens with one attached hydrogen (secondary N) is 1. The molecule has 10 nitrogen and oxygen atoms in total. The molecule has 0 saturated heterocycles. The molecule has 1 aliphatic rings. The van der Waals surface area contributed by atoms with Crippen molar-refractivity contribution in [3.8, 4) is 0 Å². The van der Waals surface area contributed by atoms with E-state index < -0.39 is 41.9 Å². The number of alkyl halides is 1. The number of H-pyrrole nitrogens is 1. The minimum atomic E-state index is -5.78. The van der Waals surface area contributed by atoms with Crippen LogP contribution in [0.1, 0.15) is 5.56 Å². The molecule has 2 aromatic rings. The first kappa shape index (κ1) is 19.7. The van der Waals surface area contributed by atoms with Crippen LogP contribution in [-0.2, 0) is 10.2 Å². The van der Waals surface area contributed by atoms with E-state index in [1.54, 1.807) is 18.2 Å². The van der Waals surface area contributed by atoms with E-state index in [0.29, 0.717) is 5.52 Å². The predicted molar refractivity (Wildman–Crippen MR) is 88.0 cm³/mol. The summed E-state index contributed by atoms with van der Waals surface area (Å²) in [4.78, 5) is 21.7. The van der Waals surface area contributed by atoms with Crippen LogP contribution in [0.4, 0.5) is 0 Å². The summed E-state index contributed by atoms with van der Waals surface area (Å²) in [5.41, 5.74) is -2.93. The SMILES string of the molecule is O=P(O)(O)[C@]1(O)[C@H](O)[C@](O)(Cl)[C@H](O)[C@](O)(c2c[nH]c3ccccc23)[C@H]1O. The van der Waals surface area contributed by atoms with Crippen molar-refractivity contribution in [3.63, 3.8) is 0 Å². The number of rotatable bonds is 2. The molecule has 0 spiro atoms. The lowest BCUT2D eigenvalue weighted by Crippen LogP contribution is -2.77. The van der Waals surface area contributed by atoms with Crippen molar-refractivity contribution < 1.29 is 45.0 Å². The molecule has 9 N–H and O–H groups in total. The molecule has 0 amide bonds. The van der Waals surface area contributed by atoms with Crippen LogP contribution in [0, 0.1) is 0 Å². The highest BCUT2D eigenvalue weighted by atomic mass is 35.5. The van der Waals surface area contributed by atoms with Crippen LogP contribution in [0.5, 0.6) is 0 Å². The van der Waals surface area contributed by atoms with E-state index in [2.05, 4.69) is 4.98 Å². The van der Waals surface area contributed by atoms with Crippen LogP contribution in [0.2, 0.25) is 0 Å². The number of aliphatic hydroxyl groups is 6. The molecule has 3 rings (SSSR count). The number of hydrogen-bond donors (Lipinski definition) is 9. The van der Waals surface area contributed by atoms with Gasteiger partial charge in [0.1, 0.15) is 18.3 Å².